The molecule has 56 valence electrons. The molecular weight excluding hydrogens is 142 g/mol. The van der Waals surface area contributed by atoms with Crippen LogP contribution in [0.3, 0.4) is 0 Å². The first-order chi connectivity index (χ1) is 4.46. The average Bonchev–Trinajstić information content (AvgIpc) is 1.97. The van der Waals surface area contributed by atoms with Crippen molar-refractivity contribution in [2.24, 2.45) is 0 Å². The lowest BCUT2D eigenvalue weighted by atomic mass is 10.3. The highest BCUT2D eigenvalue weighted by molar-refractivity contribution is 5.88. The van der Waals surface area contributed by atoms with Crippen LogP contribution in [-0.4, -0.2) is 37.3 Å². The Hall–Kier alpha value is -1.11. The van der Waals surface area contributed by atoms with Crippen LogP contribution >= 0.6 is 0 Å². The number of hydroxylamine groups is 2. The number of nitrogens with zero attached hydrogens (tertiary/aromatic N) is 1. The number of aliphatic hydroxyl groups is 3. The van der Waals surface area contributed by atoms with Crippen molar-refractivity contribution in [1.82, 2.24) is 5.06 Å². The van der Waals surface area contributed by atoms with E-state index in [0.29, 0.717) is 6.20 Å². The summed E-state index contributed by atoms with van der Waals surface area (Å²) in [5.41, 5.74) is 0. The standard InChI is InChI=1S/C4H5NO5/c6-2-1-5(10)3(7)4(2,8)9/h1,6,8-10H. The van der Waals surface area contributed by atoms with Crippen LogP contribution in [0.5, 0.6) is 0 Å². The second-order valence-electron chi connectivity index (χ2n) is 1.84. The third-order valence-corrected chi connectivity index (χ3v) is 1.11. The van der Waals surface area contributed by atoms with E-state index in [9.17, 15) is 4.79 Å². The first-order valence-electron chi connectivity index (χ1n) is 2.35. The molecule has 1 rings (SSSR count). The monoisotopic (exact) mass is 147 g/mol. The average molecular weight is 147 g/mol. The Labute approximate surface area is 55.2 Å². The van der Waals surface area contributed by atoms with Crippen LogP contribution in [0.2, 0.25) is 0 Å². The van der Waals surface area contributed by atoms with Gasteiger partial charge in [0.05, 0.1) is 6.20 Å². The molecule has 1 heterocycles. The Kier molecular flexibility index (Phi) is 1.18. The zero-order chi connectivity index (χ0) is 7.94. The van der Waals surface area contributed by atoms with E-state index in [2.05, 4.69) is 0 Å². The van der Waals surface area contributed by atoms with Gasteiger partial charge in [-0.2, -0.15) is 5.06 Å². The van der Waals surface area contributed by atoms with Crippen molar-refractivity contribution in [3.63, 3.8) is 0 Å². The lowest BCUT2D eigenvalue weighted by molar-refractivity contribution is -0.199. The predicted octanol–water partition coefficient (Wildman–Crippen LogP) is -1.70. The van der Waals surface area contributed by atoms with Gasteiger partial charge in [0.15, 0.2) is 5.76 Å². The van der Waals surface area contributed by atoms with Gasteiger partial charge in [-0.3, -0.25) is 10.0 Å². The summed E-state index contributed by atoms with van der Waals surface area (Å²) in [5, 5.41) is 34.0. The molecule has 0 aromatic heterocycles. The first-order valence-corrected chi connectivity index (χ1v) is 2.35. The zero-order valence-electron chi connectivity index (χ0n) is 4.72. The molecule has 0 aromatic carbocycles. The van der Waals surface area contributed by atoms with Gasteiger partial charge in [0.2, 0.25) is 0 Å². The number of amides is 1. The van der Waals surface area contributed by atoms with Crippen LogP contribution in [0.1, 0.15) is 0 Å². The fourth-order valence-electron chi connectivity index (χ4n) is 0.534. The molecule has 0 radical (unpaired) electrons. The predicted molar refractivity (Wildman–Crippen MR) is 26.5 cm³/mol. The van der Waals surface area contributed by atoms with E-state index in [1.165, 1.54) is 0 Å². The molecule has 6 nitrogen and oxygen atoms in total. The second-order valence-corrected chi connectivity index (χ2v) is 1.84. The molecule has 0 saturated carbocycles. The maximum atomic E-state index is 10.4. The summed E-state index contributed by atoms with van der Waals surface area (Å²) in [6.07, 6.45) is 0.502. The number of carbonyl (C=O) groups is 1. The summed E-state index contributed by atoms with van der Waals surface area (Å²) >= 11 is 0. The van der Waals surface area contributed by atoms with E-state index in [0.717, 1.165) is 0 Å². The largest absolute Gasteiger partial charge is 0.505 e. The Bertz CT molecular complexity index is 208. The highest BCUT2D eigenvalue weighted by Gasteiger charge is 2.47. The van der Waals surface area contributed by atoms with Crippen molar-refractivity contribution in [1.29, 1.82) is 0 Å². The third kappa shape index (κ3) is 0.670. The van der Waals surface area contributed by atoms with Crippen LogP contribution < -0.4 is 0 Å². The van der Waals surface area contributed by atoms with Gasteiger partial charge in [-0.1, -0.05) is 0 Å². The Balaban J connectivity index is 3.00. The van der Waals surface area contributed by atoms with Crippen LogP contribution in [0, 0.1) is 0 Å². The van der Waals surface area contributed by atoms with Gasteiger partial charge in [-0.25, -0.2) is 0 Å². The number of hydrogen-bond donors (Lipinski definition) is 4. The van der Waals surface area contributed by atoms with Gasteiger partial charge in [-0.05, 0) is 0 Å². The molecular formula is C4H5NO5. The van der Waals surface area contributed by atoms with E-state index in [4.69, 9.17) is 20.5 Å². The fraction of sp³-hybridized carbons (Fsp3) is 0.250. The summed E-state index contributed by atoms with van der Waals surface area (Å²) in [6.45, 7) is 0. The topological polar surface area (TPSA) is 101 Å². The minimum atomic E-state index is -2.96. The van der Waals surface area contributed by atoms with Gasteiger partial charge in [0.25, 0.3) is 0 Å². The van der Waals surface area contributed by atoms with Crippen LogP contribution in [0.4, 0.5) is 0 Å². The van der Waals surface area contributed by atoms with Gasteiger partial charge in [0, 0.05) is 0 Å². The second kappa shape index (κ2) is 1.69. The molecule has 0 aromatic rings. The van der Waals surface area contributed by atoms with Gasteiger partial charge in [0.1, 0.15) is 0 Å². The summed E-state index contributed by atoms with van der Waals surface area (Å²) in [6, 6.07) is 0. The minimum Gasteiger partial charge on any atom is -0.505 e. The number of rotatable bonds is 0. The van der Waals surface area contributed by atoms with Crippen molar-refractivity contribution in [2.75, 3.05) is 0 Å². The Morgan fingerprint density at radius 1 is 1.50 bits per heavy atom. The van der Waals surface area contributed by atoms with Crippen LogP contribution in [0.15, 0.2) is 12.0 Å². The van der Waals surface area contributed by atoms with E-state index in [1.54, 1.807) is 0 Å². The van der Waals surface area contributed by atoms with E-state index in [1.807, 2.05) is 0 Å². The van der Waals surface area contributed by atoms with E-state index in [-0.39, 0.29) is 5.06 Å². The van der Waals surface area contributed by atoms with E-state index >= 15 is 0 Å². The van der Waals surface area contributed by atoms with Crippen LogP contribution in [0.25, 0.3) is 0 Å². The highest BCUT2D eigenvalue weighted by atomic mass is 16.6. The molecule has 0 fully saturated rings. The van der Waals surface area contributed by atoms with Crippen molar-refractivity contribution in [2.45, 2.75) is 5.79 Å². The maximum absolute atomic E-state index is 10.4. The molecule has 0 bridgehead atoms. The molecule has 1 amide bonds. The molecule has 1 aliphatic rings. The Morgan fingerprint density at radius 3 is 2.10 bits per heavy atom. The fourth-order valence-corrected chi connectivity index (χ4v) is 0.534. The van der Waals surface area contributed by atoms with Gasteiger partial charge >= 0.3 is 11.7 Å². The summed E-state index contributed by atoms with van der Waals surface area (Å²) in [7, 11) is 0. The van der Waals surface area contributed by atoms with Crippen molar-refractivity contribution < 1.29 is 25.3 Å². The highest BCUT2D eigenvalue weighted by Crippen LogP contribution is 2.20. The molecule has 6 heteroatoms. The molecule has 0 aliphatic carbocycles. The molecule has 4 N–H and O–H groups in total. The van der Waals surface area contributed by atoms with Crippen molar-refractivity contribution in [3.8, 4) is 0 Å². The summed E-state index contributed by atoms with van der Waals surface area (Å²) < 4.78 is 0. The lowest BCUT2D eigenvalue weighted by Crippen LogP contribution is -2.41. The van der Waals surface area contributed by atoms with Crippen LogP contribution in [-0.2, 0) is 4.79 Å². The smallest absolute Gasteiger partial charge is 0.318 e. The number of hydrogen-bond acceptors (Lipinski definition) is 5. The van der Waals surface area contributed by atoms with Crippen molar-refractivity contribution >= 4 is 5.91 Å². The van der Waals surface area contributed by atoms with Crippen molar-refractivity contribution in [3.05, 3.63) is 12.0 Å². The number of carbonyl (C=O) groups excluding carboxylic acids is 1. The summed E-state index contributed by atoms with van der Waals surface area (Å²) in [5.74, 6) is -5.36. The molecule has 0 atom stereocenters. The zero-order valence-corrected chi connectivity index (χ0v) is 4.72. The SMILES string of the molecule is O=C1N(O)C=C(O)C1(O)O. The van der Waals surface area contributed by atoms with Gasteiger partial charge < -0.3 is 15.3 Å². The summed E-state index contributed by atoms with van der Waals surface area (Å²) in [4.78, 5) is 10.4. The molecule has 0 saturated heterocycles. The first kappa shape index (κ1) is 7.00. The molecule has 1 aliphatic heterocycles. The lowest BCUT2D eigenvalue weighted by Gasteiger charge is -2.12. The van der Waals surface area contributed by atoms with Gasteiger partial charge in [-0.15, -0.1) is 0 Å². The number of aliphatic hydroxyl groups excluding tert-OH is 1. The molecule has 0 unspecified atom stereocenters. The minimum absolute atomic E-state index is 0.102. The molecule has 0 spiro atoms. The normalized spacial score (nSPS) is 23.3. The molecule has 10 heavy (non-hydrogen) atoms. The quantitative estimate of drug-likeness (QED) is 0.241. The maximum Gasteiger partial charge on any atom is 0.318 e. The van der Waals surface area contributed by atoms with E-state index < -0.39 is 17.5 Å². The Morgan fingerprint density at radius 2 is 2.00 bits per heavy atom. The third-order valence-electron chi connectivity index (χ3n) is 1.11.